The van der Waals surface area contributed by atoms with Gasteiger partial charge in [-0.2, -0.15) is 13.2 Å². The molecule has 0 radical (unpaired) electrons. The van der Waals surface area contributed by atoms with Gasteiger partial charge in [-0.05, 0) is 54.3 Å². The van der Waals surface area contributed by atoms with Crippen LogP contribution >= 0.6 is 0 Å². The first-order valence-corrected chi connectivity index (χ1v) is 9.09. The number of anilines is 1. The molecule has 1 aromatic heterocycles. The van der Waals surface area contributed by atoms with E-state index in [1.807, 2.05) is 25.1 Å². The van der Waals surface area contributed by atoms with E-state index >= 15 is 0 Å². The van der Waals surface area contributed by atoms with E-state index in [0.717, 1.165) is 16.7 Å². The van der Waals surface area contributed by atoms with Crippen molar-refractivity contribution >= 4 is 16.6 Å². The second-order valence-electron chi connectivity index (χ2n) is 6.93. The molecule has 0 bridgehead atoms. The minimum Gasteiger partial charge on any atom is -0.497 e. The Balaban J connectivity index is 1.97. The molecule has 0 saturated heterocycles. The topological polar surface area (TPSA) is 63.4 Å². The van der Waals surface area contributed by atoms with Crippen molar-refractivity contribution in [1.82, 2.24) is 4.98 Å². The average molecular weight is 404 g/mol. The van der Waals surface area contributed by atoms with Gasteiger partial charge in [0.2, 0.25) is 0 Å². The number of ether oxygens (including phenoxy) is 2. The molecule has 4 rings (SSSR count). The van der Waals surface area contributed by atoms with Gasteiger partial charge in [-0.25, -0.2) is 0 Å². The number of methoxy groups -OCH3 is 1. The highest BCUT2D eigenvalue weighted by Crippen LogP contribution is 2.41. The highest BCUT2D eigenvalue weighted by molar-refractivity contribution is 6.07. The smallest absolute Gasteiger partial charge is 0.422 e. The molecule has 2 N–H and O–H groups in total. The van der Waals surface area contributed by atoms with Crippen LogP contribution in [0.2, 0.25) is 0 Å². The Hall–Kier alpha value is -3.16. The summed E-state index contributed by atoms with van der Waals surface area (Å²) in [6.45, 7) is 1.08. The van der Waals surface area contributed by atoms with Gasteiger partial charge >= 0.3 is 6.18 Å². The fourth-order valence-corrected chi connectivity index (χ4v) is 3.74. The standard InChI is InChI=1S/C21H19F3N2O3/c1-11-9-12(28-2)3-4-13(11)14-5-6-16(29-10-21(22,23)24)19-17(14)18-15(7-8-25-18)20(27)26-19/h3-6,9,25H,7-8,10H2,1-2H3,(H,26,27). The Morgan fingerprint density at radius 3 is 2.59 bits per heavy atom. The number of fused-ring (bicyclic) bond motifs is 3. The summed E-state index contributed by atoms with van der Waals surface area (Å²) in [5, 5.41) is 3.86. The molecule has 0 amide bonds. The summed E-state index contributed by atoms with van der Waals surface area (Å²) in [6.07, 6.45) is -3.93. The lowest BCUT2D eigenvalue weighted by molar-refractivity contribution is -0.153. The molecule has 0 saturated carbocycles. The van der Waals surface area contributed by atoms with Crippen LogP contribution in [0.3, 0.4) is 0 Å². The third kappa shape index (κ3) is 3.50. The van der Waals surface area contributed by atoms with Crippen LogP contribution in [-0.2, 0) is 6.42 Å². The van der Waals surface area contributed by atoms with Crippen LogP contribution < -0.4 is 20.3 Å². The van der Waals surface area contributed by atoms with Crippen LogP contribution in [-0.4, -0.2) is 31.4 Å². The van der Waals surface area contributed by atoms with Gasteiger partial charge in [-0.15, -0.1) is 0 Å². The van der Waals surface area contributed by atoms with Gasteiger partial charge in [0.1, 0.15) is 11.5 Å². The number of alkyl halides is 3. The lowest BCUT2D eigenvalue weighted by Gasteiger charge is -2.17. The summed E-state index contributed by atoms with van der Waals surface area (Å²) < 4.78 is 48.3. The molecule has 152 valence electrons. The SMILES string of the molecule is COc1ccc(-c2ccc(OCC(F)(F)F)c3[nH]c(=O)c4c(c23)NCC4)c(C)c1. The normalized spacial score (nSPS) is 13.3. The summed E-state index contributed by atoms with van der Waals surface area (Å²) in [5.74, 6) is 0.693. The maximum atomic E-state index is 12.7. The van der Waals surface area contributed by atoms with Crippen LogP contribution in [0.4, 0.5) is 18.9 Å². The molecule has 0 atom stereocenters. The summed E-state index contributed by atoms with van der Waals surface area (Å²) in [6, 6.07) is 8.79. The van der Waals surface area contributed by atoms with E-state index in [4.69, 9.17) is 9.47 Å². The van der Waals surface area contributed by atoms with Crippen LogP contribution in [0.25, 0.3) is 22.0 Å². The summed E-state index contributed by atoms with van der Waals surface area (Å²) in [5.41, 5.74) is 3.79. The monoisotopic (exact) mass is 404 g/mol. The van der Waals surface area contributed by atoms with Gasteiger partial charge in [0.05, 0.1) is 18.3 Å². The third-order valence-corrected chi connectivity index (χ3v) is 5.02. The van der Waals surface area contributed by atoms with Crippen molar-refractivity contribution in [2.45, 2.75) is 19.5 Å². The number of rotatable bonds is 4. The van der Waals surface area contributed by atoms with Gasteiger partial charge in [-0.1, -0.05) is 6.07 Å². The van der Waals surface area contributed by atoms with E-state index in [1.54, 1.807) is 13.2 Å². The number of pyridine rings is 1. The Bertz CT molecular complexity index is 1150. The first-order valence-electron chi connectivity index (χ1n) is 9.09. The van der Waals surface area contributed by atoms with Crippen molar-refractivity contribution < 1.29 is 22.6 Å². The molecule has 0 spiro atoms. The van der Waals surface area contributed by atoms with Crippen LogP contribution in [0.5, 0.6) is 11.5 Å². The Morgan fingerprint density at radius 1 is 1.14 bits per heavy atom. The largest absolute Gasteiger partial charge is 0.497 e. The number of aromatic amines is 1. The van der Waals surface area contributed by atoms with Gasteiger partial charge < -0.3 is 19.8 Å². The van der Waals surface area contributed by atoms with Crippen molar-refractivity contribution in [3.05, 3.63) is 51.8 Å². The van der Waals surface area contributed by atoms with Crippen LogP contribution in [0.1, 0.15) is 11.1 Å². The maximum Gasteiger partial charge on any atom is 0.422 e. The van der Waals surface area contributed by atoms with Crippen molar-refractivity contribution in [3.63, 3.8) is 0 Å². The molecule has 0 aliphatic carbocycles. The number of H-pyrrole nitrogens is 1. The predicted octanol–water partition coefficient (Wildman–Crippen LogP) is 4.42. The summed E-state index contributed by atoms with van der Waals surface area (Å²) in [7, 11) is 1.58. The van der Waals surface area contributed by atoms with Crippen molar-refractivity contribution in [2.75, 3.05) is 25.6 Å². The molecule has 8 heteroatoms. The van der Waals surface area contributed by atoms with Gasteiger partial charge in [0.15, 0.2) is 6.61 Å². The number of halogens is 3. The summed E-state index contributed by atoms with van der Waals surface area (Å²) in [4.78, 5) is 15.2. The third-order valence-electron chi connectivity index (χ3n) is 5.02. The van der Waals surface area contributed by atoms with Gasteiger partial charge in [0.25, 0.3) is 5.56 Å². The zero-order chi connectivity index (χ0) is 20.8. The lowest BCUT2D eigenvalue weighted by atomic mass is 9.94. The fourth-order valence-electron chi connectivity index (χ4n) is 3.74. The van der Waals surface area contributed by atoms with Crippen molar-refractivity contribution in [3.8, 4) is 22.6 Å². The minimum atomic E-state index is -4.48. The Kier molecular flexibility index (Phi) is 4.64. The first-order chi connectivity index (χ1) is 13.8. The molecule has 0 unspecified atom stereocenters. The molecule has 1 aliphatic heterocycles. The van der Waals surface area contributed by atoms with Crippen molar-refractivity contribution in [1.29, 1.82) is 0 Å². The predicted molar refractivity (Wildman–Crippen MR) is 105 cm³/mol. The molecule has 3 aromatic rings. The number of hydrogen-bond donors (Lipinski definition) is 2. The number of aryl methyl sites for hydroxylation is 1. The maximum absolute atomic E-state index is 12.7. The summed E-state index contributed by atoms with van der Waals surface area (Å²) >= 11 is 0. The van der Waals surface area contributed by atoms with E-state index in [0.29, 0.717) is 35.4 Å². The molecule has 0 fully saturated rings. The quantitative estimate of drug-likeness (QED) is 0.676. The second kappa shape index (κ2) is 7.02. The number of nitrogens with one attached hydrogen (secondary N) is 2. The molecule has 5 nitrogen and oxygen atoms in total. The molecular weight excluding hydrogens is 385 g/mol. The van der Waals surface area contributed by atoms with Crippen LogP contribution in [0, 0.1) is 6.92 Å². The highest BCUT2D eigenvalue weighted by atomic mass is 19.4. The Morgan fingerprint density at radius 2 is 1.90 bits per heavy atom. The fraction of sp³-hybridized carbons (Fsp3) is 0.286. The number of aromatic nitrogens is 1. The first kappa shape index (κ1) is 19.2. The van der Waals surface area contributed by atoms with Crippen molar-refractivity contribution in [2.24, 2.45) is 0 Å². The number of benzene rings is 2. The lowest BCUT2D eigenvalue weighted by Crippen LogP contribution is -2.20. The molecule has 2 heterocycles. The van der Waals surface area contributed by atoms with E-state index in [2.05, 4.69) is 10.3 Å². The average Bonchev–Trinajstić information content (AvgIpc) is 3.16. The minimum absolute atomic E-state index is 0.0131. The van der Waals surface area contributed by atoms with E-state index in [1.165, 1.54) is 6.07 Å². The van der Waals surface area contributed by atoms with Gasteiger partial charge in [-0.3, -0.25) is 4.79 Å². The Labute approximate surface area is 164 Å². The van der Waals surface area contributed by atoms with E-state index in [9.17, 15) is 18.0 Å². The van der Waals surface area contributed by atoms with Crippen LogP contribution in [0.15, 0.2) is 35.1 Å². The molecular formula is C21H19F3N2O3. The number of hydrogen-bond acceptors (Lipinski definition) is 4. The van der Waals surface area contributed by atoms with Gasteiger partial charge in [0, 0.05) is 17.5 Å². The highest BCUT2D eigenvalue weighted by Gasteiger charge is 2.29. The molecule has 1 aliphatic rings. The van der Waals surface area contributed by atoms with E-state index in [-0.39, 0.29) is 16.8 Å². The van der Waals surface area contributed by atoms with E-state index < -0.39 is 12.8 Å². The zero-order valence-electron chi connectivity index (χ0n) is 15.9. The molecule has 29 heavy (non-hydrogen) atoms. The molecule has 2 aromatic carbocycles. The second-order valence-corrected chi connectivity index (χ2v) is 6.93. The zero-order valence-corrected chi connectivity index (χ0v) is 15.9.